The minimum Gasteiger partial charge on any atom is -0.484 e. The molecule has 0 fully saturated rings. The molecule has 1 aliphatic heterocycles. The first-order chi connectivity index (χ1) is 14.9. The number of amides is 2. The first-order valence-electron chi connectivity index (χ1n) is 10.2. The van der Waals surface area contributed by atoms with Gasteiger partial charge >= 0.3 is 0 Å². The van der Waals surface area contributed by atoms with Gasteiger partial charge in [0.05, 0.1) is 5.71 Å². The van der Waals surface area contributed by atoms with E-state index in [1.54, 1.807) is 26.2 Å². The maximum Gasteiger partial charge on any atom is 0.259 e. The third-order valence-corrected chi connectivity index (χ3v) is 5.26. The van der Waals surface area contributed by atoms with E-state index in [4.69, 9.17) is 9.15 Å². The van der Waals surface area contributed by atoms with Crippen LogP contribution in [0.25, 0.3) is 22.6 Å². The predicted molar refractivity (Wildman–Crippen MR) is 117 cm³/mol. The topological polar surface area (TPSA) is 97.0 Å². The van der Waals surface area contributed by atoms with Crippen molar-refractivity contribution in [3.05, 3.63) is 48.0 Å². The molecular formula is C23H24N4O4. The standard InChI is InChI=1S/C23H24N4O4/c1-4-14-12-20(28)25-26-22(14)16-7-10-18-19(11-16)31-23(24-18)15-5-8-17(9-6-15)30-13-21(29)27(2)3/h5-11,14H,4,12-13H2,1-3H3,(H,25,28). The molecule has 8 nitrogen and oxygen atoms in total. The quantitative estimate of drug-likeness (QED) is 0.660. The lowest BCUT2D eigenvalue weighted by Gasteiger charge is -2.21. The SMILES string of the molecule is CCC1CC(=O)NN=C1c1ccc2nc(-c3ccc(OCC(=O)N(C)C)cc3)oc2c1. The number of hydrazone groups is 1. The second-order valence-electron chi connectivity index (χ2n) is 7.64. The molecule has 0 spiro atoms. The zero-order valence-corrected chi connectivity index (χ0v) is 17.7. The lowest BCUT2D eigenvalue weighted by molar-refractivity contribution is -0.130. The summed E-state index contributed by atoms with van der Waals surface area (Å²) in [5, 5.41) is 4.27. The third kappa shape index (κ3) is 4.42. The second kappa shape index (κ2) is 8.59. The zero-order valence-electron chi connectivity index (χ0n) is 17.7. The Morgan fingerprint density at radius 2 is 1.94 bits per heavy atom. The minimum absolute atomic E-state index is 0.0128. The summed E-state index contributed by atoms with van der Waals surface area (Å²) in [6.07, 6.45) is 1.27. The number of oxazole rings is 1. The normalized spacial score (nSPS) is 16.0. The monoisotopic (exact) mass is 420 g/mol. The summed E-state index contributed by atoms with van der Waals surface area (Å²) in [6.45, 7) is 2.04. The van der Waals surface area contributed by atoms with Gasteiger partial charge in [-0.05, 0) is 42.8 Å². The van der Waals surface area contributed by atoms with E-state index in [0.717, 1.165) is 28.8 Å². The fourth-order valence-corrected chi connectivity index (χ4v) is 3.39. The summed E-state index contributed by atoms with van der Waals surface area (Å²) >= 11 is 0. The molecule has 1 unspecified atom stereocenters. The summed E-state index contributed by atoms with van der Waals surface area (Å²) in [7, 11) is 3.37. The highest BCUT2D eigenvalue weighted by Gasteiger charge is 2.24. The van der Waals surface area contributed by atoms with Gasteiger partial charge in [0.15, 0.2) is 12.2 Å². The molecule has 1 aromatic heterocycles. The molecule has 0 aliphatic carbocycles. The van der Waals surface area contributed by atoms with Crippen LogP contribution in [-0.2, 0) is 9.59 Å². The molecule has 3 aromatic rings. The number of hydrogen-bond acceptors (Lipinski definition) is 6. The summed E-state index contributed by atoms with van der Waals surface area (Å²) < 4.78 is 11.5. The molecule has 0 saturated carbocycles. The van der Waals surface area contributed by atoms with E-state index in [1.807, 2.05) is 37.3 Å². The van der Waals surface area contributed by atoms with Crippen molar-refractivity contribution in [2.75, 3.05) is 20.7 Å². The maximum absolute atomic E-state index is 11.6. The Labute approximate surface area is 179 Å². The van der Waals surface area contributed by atoms with E-state index >= 15 is 0 Å². The number of nitrogens with zero attached hydrogens (tertiary/aromatic N) is 3. The van der Waals surface area contributed by atoms with Crippen molar-refractivity contribution in [1.82, 2.24) is 15.3 Å². The highest BCUT2D eigenvalue weighted by Crippen LogP contribution is 2.28. The number of aromatic nitrogens is 1. The van der Waals surface area contributed by atoms with Gasteiger partial charge in [-0.25, -0.2) is 10.4 Å². The van der Waals surface area contributed by atoms with Crippen LogP contribution in [0.5, 0.6) is 5.75 Å². The molecule has 0 bridgehead atoms. The summed E-state index contributed by atoms with van der Waals surface area (Å²) in [5.41, 5.74) is 6.54. The van der Waals surface area contributed by atoms with Gasteiger partial charge in [0.25, 0.3) is 5.91 Å². The van der Waals surface area contributed by atoms with Gasteiger partial charge in [0, 0.05) is 37.6 Å². The van der Waals surface area contributed by atoms with Crippen molar-refractivity contribution in [3.63, 3.8) is 0 Å². The Morgan fingerprint density at radius 1 is 1.19 bits per heavy atom. The average molecular weight is 420 g/mol. The number of rotatable bonds is 6. The van der Waals surface area contributed by atoms with E-state index in [-0.39, 0.29) is 24.3 Å². The van der Waals surface area contributed by atoms with Crippen LogP contribution < -0.4 is 10.2 Å². The maximum atomic E-state index is 11.6. The van der Waals surface area contributed by atoms with Gasteiger partial charge in [0.1, 0.15) is 11.3 Å². The van der Waals surface area contributed by atoms with Crippen LogP contribution in [-0.4, -0.2) is 48.1 Å². The van der Waals surface area contributed by atoms with Crippen LogP contribution in [0.15, 0.2) is 52.0 Å². The minimum atomic E-state index is -0.105. The van der Waals surface area contributed by atoms with Crippen LogP contribution >= 0.6 is 0 Å². The van der Waals surface area contributed by atoms with E-state index in [9.17, 15) is 9.59 Å². The third-order valence-electron chi connectivity index (χ3n) is 5.26. The van der Waals surface area contributed by atoms with Crippen LogP contribution in [0, 0.1) is 5.92 Å². The Hall–Kier alpha value is -3.68. The van der Waals surface area contributed by atoms with Gasteiger partial charge in [-0.1, -0.05) is 13.0 Å². The fourth-order valence-electron chi connectivity index (χ4n) is 3.39. The molecule has 1 aliphatic rings. The largest absolute Gasteiger partial charge is 0.484 e. The number of carbonyl (C=O) groups excluding carboxylic acids is 2. The van der Waals surface area contributed by atoms with Gasteiger partial charge in [-0.3, -0.25) is 9.59 Å². The zero-order chi connectivity index (χ0) is 22.0. The van der Waals surface area contributed by atoms with Crippen molar-refractivity contribution in [2.45, 2.75) is 19.8 Å². The van der Waals surface area contributed by atoms with Crippen LogP contribution in [0.1, 0.15) is 25.3 Å². The van der Waals surface area contributed by atoms with Crippen molar-refractivity contribution >= 4 is 28.6 Å². The Balaban J connectivity index is 1.54. The molecule has 4 rings (SSSR count). The second-order valence-corrected chi connectivity index (χ2v) is 7.64. The number of benzene rings is 2. The number of nitrogens with one attached hydrogen (secondary N) is 1. The van der Waals surface area contributed by atoms with E-state index in [0.29, 0.717) is 23.6 Å². The summed E-state index contributed by atoms with van der Waals surface area (Å²) in [5.74, 6) is 1.01. The molecule has 1 atom stereocenters. The first-order valence-corrected chi connectivity index (χ1v) is 10.2. The first kappa shape index (κ1) is 20.6. The fraction of sp³-hybridized carbons (Fsp3) is 0.304. The summed E-state index contributed by atoms with van der Waals surface area (Å²) in [4.78, 5) is 29.3. The van der Waals surface area contributed by atoms with Crippen LogP contribution in [0.4, 0.5) is 0 Å². The lowest BCUT2D eigenvalue weighted by Crippen LogP contribution is -2.33. The van der Waals surface area contributed by atoms with Crippen LogP contribution in [0.3, 0.4) is 0 Å². The molecular weight excluding hydrogens is 396 g/mol. The molecule has 2 amide bonds. The van der Waals surface area contributed by atoms with Gasteiger partial charge < -0.3 is 14.1 Å². The smallest absolute Gasteiger partial charge is 0.259 e. The van der Waals surface area contributed by atoms with E-state index < -0.39 is 0 Å². The average Bonchev–Trinajstić information content (AvgIpc) is 3.21. The lowest BCUT2D eigenvalue weighted by atomic mass is 9.90. The number of likely N-dealkylation sites (N-methyl/N-ethyl adjacent to an activating group) is 1. The molecule has 160 valence electrons. The van der Waals surface area contributed by atoms with Gasteiger partial charge in [0.2, 0.25) is 11.8 Å². The van der Waals surface area contributed by atoms with Crippen LogP contribution in [0.2, 0.25) is 0 Å². The van der Waals surface area contributed by atoms with Crippen molar-refractivity contribution < 1.29 is 18.7 Å². The number of ether oxygens (including phenoxy) is 1. The van der Waals surface area contributed by atoms with Crippen molar-refractivity contribution in [1.29, 1.82) is 0 Å². The van der Waals surface area contributed by atoms with Gasteiger partial charge in [-0.15, -0.1) is 0 Å². The molecule has 2 aromatic carbocycles. The highest BCUT2D eigenvalue weighted by molar-refractivity contribution is 6.07. The molecule has 8 heteroatoms. The number of carbonyl (C=O) groups is 2. The Kier molecular flexibility index (Phi) is 5.70. The molecule has 0 radical (unpaired) electrons. The number of fused-ring (bicyclic) bond motifs is 1. The Bertz CT molecular complexity index is 1150. The van der Waals surface area contributed by atoms with E-state index in [2.05, 4.69) is 15.5 Å². The molecule has 1 N–H and O–H groups in total. The van der Waals surface area contributed by atoms with Gasteiger partial charge in [-0.2, -0.15) is 5.10 Å². The van der Waals surface area contributed by atoms with Crippen molar-refractivity contribution in [3.8, 4) is 17.2 Å². The predicted octanol–water partition coefficient (Wildman–Crippen LogP) is 3.21. The summed E-state index contributed by atoms with van der Waals surface area (Å²) in [6, 6.07) is 13.0. The molecule has 31 heavy (non-hydrogen) atoms. The Morgan fingerprint density at radius 3 is 2.65 bits per heavy atom. The van der Waals surface area contributed by atoms with E-state index in [1.165, 1.54) is 4.90 Å². The van der Waals surface area contributed by atoms with Crippen molar-refractivity contribution in [2.24, 2.45) is 11.0 Å². The molecule has 0 saturated heterocycles. The number of hydrogen-bond donors (Lipinski definition) is 1. The molecule has 2 heterocycles. The highest BCUT2D eigenvalue weighted by atomic mass is 16.5.